The number of hydrogen-bond donors (Lipinski definition) is 2. The smallest absolute Gasteiger partial charge is 0.259 e. The number of anilines is 1. The molecule has 2 aromatic rings. The van der Waals surface area contributed by atoms with E-state index in [1.807, 2.05) is 0 Å². The van der Waals surface area contributed by atoms with Crippen molar-refractivity contribution in [3.05, 3.63) is 47.4 Å². The van der Waals surface area contributed by atoms with Gasteiger partial charge in [-0.15, -0.1) is 0 Å². The summed E-state index contributed by atoms with van der Waals surface area (Å²) < 4.78 is 15.7. The molecule has 0 radical (unpaired) electrons. The lowest BCUT2D eigenvalue weighted by molar-refractivity contribution is 0.102. The van der Waals surface area contributed by atoms with E-state index in [0.29, 0.717) is 11.4 Å². The van der Waals surface area contributed by atoms with E-state index in [0.717, 1.165) is 0 Å². The Bertz CT molecular complexity index is 606. The van der Waals surface area contributed by atoms with Crippen molar-refractivity contribution in [1.29, 1.82) is 0 Å². The molecule has 6 heteroatoms. The third-order valence-corrected chi connectivity index (χ3v) is 2.72. The number of amides is 1. The van der Waals surface area contributed by atoms with Gasteiger partial charge in [-0.2, -0.15) is 5.10 Å². The first-order valence-corrected chi connectivity index (χ1v) is 5.84. The highest BCUT2D eigenvalue weighted by Gasteiger charge is 2.17. The molecule has 1 atom stereocenters. The average molecular weight is 262 g/mol. The van der Waals surface area contributed by atoms with Gasteiger partial charge in [0.25, 0.3) is 5.91 Å². The summed E-state index contributed by atoms with van der Waals surface area (Å²) in [6.45, 7) is 1.67. The van der Waals surface area contributed by atoms with E-state index in [1.165, 1.54) is 6.07 Å². The predicted molar refractivity (Wildman–Crippen MR) is 70.2 cm³/mol. The number of carbonyl (C=O) groups excluding carboxylic acids is 1. The quantitative estimate of drug-likeness (QED) is 0.886. The molecule has 3 N–H and O–H groups in total. The zero-order chi connectivity index (χ0) is 14.0. The molecule has 0 aliphatic carbocycles. The summed E-state index contributed by atoms with van der Waals surface area (Å²) in [6.07, 6.45) is 1.68. The number of nitrogens with one attached hydrogen (secondary N) is 1. The fourth-order valence-corrected chi connectivity index (χ4v) is 1.74. The molecule has 19 heavy (non-hydrogen) atoms. The lowest BCUT2D eigenvalue weighted by Crippen LogP contribution is -2.17. The van der Waals surface area contributed by atoms with E-state index < -0.39 is 17.8 Å². The fourth-order valence-electron chi connectivity index (χ4n) is 1.74. The van der Waals surface area contributed by atoms with Crippen LogP contribution in [-0.2, 0) is 7.05 Å². The first kappa shape index (κ1) is 13.2. The van der Waals surface area contributed by atoms with Crippen LogP contribution in [0.25, 0.3) is 0 Å². The van der Waals surface area contributed by atoms with Crippen LogP contribution >= 0.6 is 0 Å². The largest absolute Gasteiger partial charge is 0.324 e. The van der Waals surface area contributed by atoms with E-state index in [9.17, 15) is 9.18 Å². The summed E-state index contributed by atoms with van der Waals surface area (Å²) in [5, 5.41) is 6.54. The molecule has 0 spiro atoms. The average Bonchev–Trinajstić information content (AvgIpc) is 2.74. The highest BCUT2D eigenvalue weighted by molar-refractivity contribution is 6.04. The van der Waals surface area contributed by atoms with Crippen LogP contribution < -0.4 is 11.1 Å². The van der Waals surface area contributed by atoms with Crippen molar-refractivity contribution in [3.8, 4) is 0 Å². The van der Waals surface area contributed by atoms with Gasteiger partial charge >= 0.3 is 0 Å². The lowest BCUT2D eigenvalue weighted by Gasteiger charge is -2.10. The van der Waals surface area contributed by atoms with Gasteiger partial charge in [0.2, 0.25) is 0 Å². The SMILES string of the molecule is CC(N)c1cccc(C(=O)Nc2ccn(C)n2)c1F. The Morgan fingerprint density at radius 2 is 2.21 bits per heavy atom. The maximum absolute atomic E-state index is 14.1. The zero-order valence-corrected chi connectivity index (χ0v) is 10.7. The number of benzene rings is 1. The molecule has 2 rings (SSSR count). The number of halogens is 1. The Kier molecular flexibility index (Phi) is 3.62. The number of carbonyl (C=O) groups is 1. The Labute approximate surface area is 110 Å². The summed E-state index contributed by atoms with van der Waals surface area (Å²) in [6, 6.07) is 5.75. The van der Waals surface area contributed by atoms with Crippen LogP contribution in [0.1, 0.15) is 28.9 Å². The van der Waals surface area contributed by atoms with Gasteiger partial charge in [0.15, 0.2) is 5.82 Å². The van der Waals surface area contributed by atoms with Crippen molar-refractivity contribution in [2.45, 2.75) is 13.0 Å². The van der Waals surface area contributed by atoms with Crippen molar-refractivity contribution in [2.75, 3.05) is 5.32 Å². The van der Waals surface area contributed by atoms with Crippen LogP contribution in [-0.4, -0.2) is 15.7 Å². The second kappa shape index (κ2) is 5.19. The van der Waals surface area contributed by atoms with Gasteiger partial charge in [-0.25, -0.2) is 4.39 Å². The molecular weight excluding hydrogens is 247 g/mol. The summed E-state index contributed by atoms with van der Waals surface area (Å²) in [7, 11) is 1.73. The Morgan fingerprint density at radius 1 is 1.47 bits per heavy atom. The number of aromatic nitrogens is 2. The van der Waals surface area contributed by atoms with Gasteiger partial charge in [-0.05, 0) is 13.0 Å². The van der Waals surface area contributed by atoms with Gasteiger partial charge in [-0.3, -0.25) is 9.48 Å². The first-order chi connectivity index (χ1) is 8.99. The standard InChI is InChI=1S/C13H15FN4O/c1-8(15)9-4-3-5-10(12(9)14)13(19)16-11-6-7-18(2)17-11/h3-8H,15H2,1-2H3,(H,16,17,19). The Morgan fingerprint density at radius 3 is 2.79 bits per heavy atom. The van der Waals surface area contributed by atoms with Crippen molar-refractivity contribution in [3.63, 3.8) is 0 Å². The maximum atomic E-state index is 14.1. The molecule has 0 fully saturated rings. The zero-order valence-electron chi connectivity index (χ0n) is 10.7. The summed E-state index contributed by atoms with van der Waals surface area (Å²) >= 11 is 0. The van der Waals surface area contributed by atoms with Crippen LogP contribution in [0, 0.1) is 5.82 Å². The molecule has 1 aromatic carbocycles. The monoisotopic (exact) mass is 262 g/mol. The van der Waals surface area contributed by atoms with Crippen LogP contribution in [0.2, 0.25) is 0 Å². The molecule has 0 saturated carbocycles. The molecule has 100 valence electrons. The molecule has 0 bridgehead atoms. The van der Waals surface area contributed by atoms with Crippen molar-refractivity contribution in [1.82, 2.24) is 9.78 Å². The second-order valence-corrected chi connectivity index (χ2v) is 4.33. The van der Waals surface area contributed by atoms with Gasteiger partial charge in [0.1, 0.15) is 5.82 Å². The van der Waals surface area contributed by atoms with E-state index in [4.69, 9.17) is 5.73 Å². The van der Waals surface area contributed by atoms with E-state index >= 15 is 0 Å². The number of nitrogens with zero attached hydrogens (tertiary/aromatic N) is 2. The first-order valence-electron chi connectivity index (χ1n) is 5.84. The van der Waals surface area contributed by atoms with Gasteiger partial charge < -0.3 is 11.1 Å². The minimum absolute atomic E-state index is 0.0412. The summed E-state index contributed by atoms with van der Waals surface area (Å²) in [4.78, 5) is 12.0. The molecule has 5 nitrogen and oxygen atoms in total. The molecule has 0 aliphatic heterocycles. The minimum atomic E-state index is -0.592. The predicted octanol–water partition coefficient (Wildman–Crippen LogP) is 1.83. The number of rotatable bonds is 3. The molecule has 1 amide bonds. The Balaban J connectivity index is 2.26. The Hall–Kier alpha value is -2.21. The number of hydrogen-bond acceptors (Lipinski definition) is 3. The van der Waals surface area contributed by atoms with Gasteiger partial charge in [0.05, 0.1) is 5.56 Å². The molecule has 0 saturated heterocycles. The molecule has 0 aliphatic rings. The molecule has 1 aromatic heterocycles. The summed E-state index contributed by atoms with van der Waals surface area (Å²) in [5.74, 6) is -0.761. The highest BCUT2D eigenvalue weighted by Crippen LogP contribution is 2.19. The third-order valence-electron chi connectivity index (χ3n) is 2.72. The topological polar surface area (TPSA) is 72.9 Å². The van der Waals surface area contributed by atoms with E-state index in [1.54, 1.807) is 43.0 Å². The minimum Gasteiger partial charge on any atom is -0.324 e. The van der Waals surface area contributed by atoms with Gasteiger partial charge in [0, 0.05) is 30.9 Å². The number of nitrogens with two attached hydrogens (primary N) is 1. The highest BCUT2D eigenvalue weighted by atomic mass is 19.1. The second-order valence-electron chi connectivity index (χ2n) is 4.33. The normalized spacial score (nSPS) is 12.2. The fraction of sp³-hybridized carbons (Fsp3) is 0.231. The van der Waals surface area contributed by atoms with Crippen LogP contribution in [0.3, 0.4) is 0 Å². The van der Waals surface area contributed by atoms with Gasteiger partial charge in [-0.1, -0.05) is 12.1 Å². The number of aryl methyl sites for hydroxylation is 1. The maximum Gasteiger partial charge on any atom is 0.259 e. The molecule has 1 heterocycles. The van der Waals surface area contributed by atoms with E-state index in [-0.39, 0.29) is 5.56 Å². The van der Waals surface area contributed by atoms with Crippen LogP contribution in [0.4, 0.5) is 10.2 Å². The van der Waals surface area contributed by atoms with Crippen molar-refractivity contribution < 1.29 is 9.18 Å². The van der Waals surface area contributed by atoms with Crippen molar-refractivity contribution in [2.24, 2.45) is 12.8 Å². The van der Waals surface area contributed by atoms with Crippen molar-refractivity contribution >= 4 is 11.7 Å². The lowest BCUT2D eigenvalue weighted by atomic mass is 10.0. The van der Waals surface area contributed by atoms with E-state index in [2.05, 4.69) is 10.4 Å². The molecule has 1 unspecified atom stereocenters. The van der Waals surface area contributed by atoms with Crippen LogP contribution in [0.15, 0.2) is 30.5 Å². The summed E-state index contributed by atoms with van der Waals surface area (Å²) in [5.41, 5.74) is 5.92. The molecular formula is C13H15FN4O. The van der Waals surface area contributed by atoms with Crippen LogP contribution in [0.5, 0.6) is 0 Å². The third kappa shape index (κ3) is 2.79.